The third-order valence-electron chi connectivity index (χ3n) is 6.62. The first-order valence-electron chi connectivity index (χ1n) is 12.9. The molecule has 0 aliphatic heterocycles. The number of aryl methyl sites for hydroxylation is 3. The maximum absolute atomic E-state index is 13.2. The van der Waals surface area contributed by atoms with E-state index in [1.165, 1.54) is 24.3 Å². The van der Waals surface area contributed by atoms with Gasteiger partial charge in [0.25, 0.3) is 0 Å². The van der Waals surface area contributed by atoms with E-state index in [-0.39, 0.29) is 21.3 Å². The summed E-state index contributed by atoms with van der Waals surface area (Å²) in [5.74, 6) is 0.292. The van der Waals surface area contributed by atoms with E-state index in [1.54, 1.807) is 72.8 Å². The summed E-state index contributed by atoms with van der Waals surface area (Å²) >= 11 is 0. The van der Waals surface area contributed by atoms with Crippen LogP contribution in [-0.4, -0.2) is 16.8 Å². The molecule has 5 rings (SSSR count). The summed E-state index contributed by atoms with van der Waals surface area (Å²) in [6.07, 6.45) is 0. The average molecular weight is 585 g/mol. The van der Waals surface area contributed by atoms with Crippen LogP contribution in [-0.2, 0) is 20.2 Å². The minimum atomic E-state index is -4.12. The van der Waals surface area contributed by atoms with Crippen molar-refractivity contribution in [3.8, 4) is 33.8 Å². The van der Waals surface area contributed by atoms with Crippen LogP contribution < -0.4 is 8.37 Å². The van der Waals surface area contributed by atoms with Crippen LogP contribution in [0.1, 0.15) is 16.7 Å². The fourth-order valence-electron chi connectivity index (χ4n) is 4.50. The van der Waals surface area contributed by atoms with Crippen LogP contribution in [0.4, 0.5) is 0 Å². The smallest absolute Gasteiger partial charge is 0.339 e. The van der Waals surface area contributed by atoms with Crippen molar-refractivity contribution < 1.29 is 25.2 Å². The molecule has 208 valence electrons. The molecule has 0 spiro atoms. The van der Waals surface area contributed by atoms with Crippen molar-refractivity contribution >= 4 is 20.2 Å². The number of benzene rings is 5. The number of rotatable bonds is 8. The summed E-state index contributed by atoms with van der Waals surface area (Å²) in [4.78, 5) is 0.0883. The van der Waals surface area contributed by atoms with Crippen LogP contribution in [0.3, 0.4) is 0 Å². The number of hydrogen-bond donors (Lipinski definition) is 0. The zero-order valence-corrected chi connectivity index (χ0v) is 24.4. The van der Waals surface area contributed by atoms with Gasteiger partial charge in [0.15, 0.2) is 11.5 Å². The topological polar surface area (TPSA) is 86.7 Å². The van der Waals surface area contributed by atoms with Gasteiger partial charge in [0.1, 0.15) is 9.79 Å². The summed E-state index contributed by atoms with van der Waals surface area (Å²) in [6.45, 7) is 5.65. The van der Waals surface area contributed by atoms with Crippen molar-refractivity contribution in [2.75, 3.05) is 0 Å². The fourth-order valence-corrected chi connectivity index (χ4v) is 6.39. The van der Waals surface area contributed by atoms with Gasteiger partial charge < -0.3 is 8.37 Å². The van der Waals surface area contributed by atoms with Crippen molar-refractivity contribution in [1.29, 1.82) is 0 Å². The van der Waals surface area contributed by atoms with E-state index in [9.17, 15) is 16.8 Å². The lowest BCUT2D eigenvalue weighted by atomic mass is 9.90. The monoisotopic (exact) mass is 584 g/mol. The van der Waals surface area contributed by atoms with Gasteiger partial charge in [-0.05, 0) is 73.9 Å². The summed E-state index contributed by atoms with van der Waals surface area (Å²) < 4.78 is 64.1. The van der Waals surface area contributed by atoms with Gasteiger partial charge in [0, 0.05) is 11.1 Å². The van der Waals surface area contributed by atoms with Gasteiger partial charge in [0.05, 0.1) is 0 Å². The Bertz CT molecular complexity index is 1930. The summed E-state index contributed by atoms with van der Waals surface area (Å²) in [5.41, 5.74) is 5.10. The summed E-state index contributed by atoms with van der Waals surface area (Å²) in [5, 5.41) is 0. The molecule has 0 bridgehead atoms. The van der Waals surface area contributed by atoms with E-state index < -0.39 is 20.2 Å². The molecule has 0 radical (unpaired) electrons. The fraction of sp³-hybridized carbons (Fsp3) is 0.0909. The minimum Gasteiger partial charge on any atom is -0.378 e. The molecule has 0 aliphatic carbocycles. The Labute approximate surface area is 241 Å². The molecule has 0 heterocycles. The number of para-hydroxylation sites is 2. The first-order chi connectivity index (χ1) is 19.5. The summed E-state index contributed by atoms with van der Waals surface area (Å²) in [6, 6.07) is 32.2. The second-order valence-corrected chi connectivity index (χ2v) is 12.8. The SMILES string of the molecule is Cc1ccc(S(=O)(=O)Oc2ccccc2-c2cccc(C)c2-c2ccccc2OS(=O)(=O)c2ccc(C)cc2)cc1. The van der Waals surface area contributed by atoms with Crippen LogP contribution in [0.25, 0.3) is 22.3 Å². The maximum atomic E-state index is 13.2. The highest BCUT2D eigenvalue weighted by Gasteiger charge is 2.24. The normalized spacial score (nSPS) is 11.7. The Morgan fingerprint density at radius 1 is 0.439 bits per heavy atom. The Hall–Kier alpha value is -4.40. The van der Waals surface area contributed by atoms with E-state index in [2.05, 4.69) is 0 Å². The molecular formula is C33H28O6S2. The Morgan fingerprint density at radius 3 is 1.37 bits per heavy atom. The standard InChI is InChI=1S/C33H28O6S2/c1-23-15-19-26(20-16-23)40(34,35)38-31-13-6-4-10-28(31)29-12-8-9-25(3)33(29)30-11-5-7-14-32(30)39-41(36,37)27-21-17-24(2)18-22-27/h4-22H,1-3H3. The zero-order chi connectivity index (χ0) is 29.2. The second-order valence-electron chi connectivity index (χ2n) is 9.69. The van der Waals surface area contributed by atoms with Gasteiger partial charge in [-0.2, -0.15) is 16.8 Å². The molecule has 5 aromatic rings. The third kappa shape index (κ3) is 6.04. The molecule has 0 N–H and O–H groups in total. The van der Waals surface area contributed by atoms with Crippen LogP contribution in [0.5, 0.6) is 11.5 Å². The molecule has 8 heteroatoms. The highest BCUT2D eigenvalue weighted by Crippen LogP contribution is 2.43. The molecule has 0 amide bonds. The van der Waals surface area contributed by atoms with Crippen LogP contribution in [0.2, 0.25) is 0 Å². The Balaban J connectivity index is 1.60. The molecular weight excluding hydrogens is 556 g/mol. The predicted molar refractivity (Wildman–Crippen MR) is 160 cm³/mol. The van der Waals surface area contributed by atoms with Gasteiger partial charge in [-0.3, -0.25) is 0 Å². The van der Waals surface area contributed by atoms with Crippen molar-refractivity contribution in [3.05, 3.63) is 132 Å². The van der Waals surface area contributed by atoms with Gasteiger partial charge in [-0.1, -0.05) is 90.0 Å². The predicted octanol–water partition coefficient (Wildman–Crippen LogP) is 7.48. The maximum Gasteiger partial charge on any atom is 0.339 e. The molecule has 6 nitrogen and oxygen atoms in total. The Morgan fingerprint density at radius 2 is 0.854 bits per heavy atom. The largest absolute Gasteiger partial charge is 0.378 e. The van der Waals surface area contributed by atoms with Crippen molar-refractivity contribution in [2.24, 2.45) is 0 Å². The number of hydrogen-bond acceptors (Lipinski definition) is 6. The van der Waals surface area contributed by atoms with Gasteiger partial charge in [-0.25, -0.2) is 0 Å². The average Bonchev–Trinajstić information content (AvgIpc) is 2.94. The van der Waals surface area contributed by atoms with Crippen molar-refractivity contribution in [1.82, 2.24) is 0 Å². The highest BCUT2D eigenvalue weighted by molar-refractivity contribution is 7.87. The lowest BCUT2D eigenvalue weighted by Crippen LogP contribution is -2.11. The van der Waals surface area contributed by atoms with Crippen molar-refractivity contribution in [2.45, 2.75) is 30.6 Å². The second kappa shape index (κ2) is 11.2. The van der Waals surface area contributed by atoms with Gasteiger partial charge in [0.2, 0.25) is 0 Å². The van der Waals surface area contributed by atoms with E-state index in [0.717, 1.165) is 16.7 Å². The minimum absolute atomic E-state index is 0.0439. The molecule has 0 atom stereocenters. The Kier molecular flexibility index (Phi) is 7.71. The first-order valence-corrected chi connectivity index (χ1v) is 15.7. The van der Waals surface area contributed by atoms with E-state index in [0.29, 0.717) is 22.3 Å². The molecule has 0 fully saturated rings. The molecule has 5 aromatic carbocycles. The molecule has 0 aliphatic rings. The van der Waals surface area contributed by atoms with Crippen LogP contribution in [0, 0.1) is 20.8 Å². The summed E-state index contributed by atoms with van der Waals surface area (Å²) in [7, 11) is -8.24. The quantitative estimate of drug-likeness (QED) is 0.176. The molecule has 0 saturated carbocycles. The third-order valence-corrected chi connectivity index (χ3v) is 9.12. The van der Waals surface area contributed by atoms with Crippen molar-refractivity contribution in [3.63, 3.8) is 0 Å². The van der Waals surface area contributed by atoms with Gasteiger partial charge in [-0.15, -0.1) is 0 Å². The lowest BCUT2D eigenvalue weighted by molar-refractivity contribution is 0.485. The molecule has 0 unspecified atom stereocenters. The highest BCUT2D eigenvalue weighted by atomic mass is 32.2. The first kappa shape index (κ1) is 28.1. The lowest BCUT2D eigenvalue weighted by Gasteiger charge is -2.19. The zero-order valence-electron chi connectivity index (χ0n) is 22.7. The molecule has 41 heavy (non-hydrogen) atoms. The van der Waals surface area contributed by atoms with Gasteiger partial charge >= 0.3 is 20.2 Å². The molecule has 0 saturated heterocycles. The van der Waals surface area contributed by atoms with E-state index in [4.69, 9.17) is 8.37 Å². The van der Waals surface area contributed by atoms with Crippen LogP contribution >= 0.6 is 0 Å². The van der Waals surface area contributed by atoms with E-state index in [1.807, 2.05) is 39.0 Å². The molecule has 0 aromatic heterocycles. The van der Waals surface area contributed by atoms with Crippen LogP contribution in [0.15, 0.2) is 125 Å². The van der Waals surface area contributed by atoms with E-state index >= 15 is 0 Å².